The molecule has 22 heavy (non-hydrogen) atoms. The molecule has 1 rings (SSSR count). The smallest absolute Gasteiger partial charge is 0.323 e. The van der Waals surface area contributed by atoms with Crippen LogP contribution >= 0.6 is 0 Å². The van der Waals surface area contributed by atoms with Crippen molar-refractivity contribution in [2.75, 3.05) is 19.6 Å². The lowest BCUT2D eigenvalue weighted by atomic mass is 10.4. The zero-order chi connectivity index (χ0) is 16.9. The average molecular weight is 331 g/mol. The summed E-state index contributed by atoms with van der Waals surface area (Å²) < 4.78 is 27.5. The Labute approximate surface area is 132 Å². The van der Waals surface area contributed by atoms with Crippen LogP contribution in [0, 0.1) is 0 Å². The van der Waals surface area contributed by atoms with E-state index in [0.29, 0.717) is 26.1 Å². The van der Waals surface area contributed by atoms with E-state index in [1.165, 1.54) is 9.21 Å². The molecule has 0 N–H and O–H groups in total. The normalized spacial score (nSPS) is 12.1. The van der Waals surface area contributed by atoms with E-state index in [9.17, 15) is 13.2 Å². The van der Waals surface area contributed by atoms with Crippen molar-refractivity contribution in [1.82, 2.24) is 24.0 Å². The van der Waals surface area contributed by atoms with Crippen LogP contribution in [0.2, 0.25) is 0 Å². The molecular weight excluding hydrogens is 306 g/mol. The summed E-state index contributed by atoms with van der Waals surface area (Å²) in [6.07, 6.45) is 1.84. The number of carbonyl (C=O) groups excluding carboxylic acids is 1. The molecule has 0 fully saturated rings. The standard InChI is InChI=1S/C13H25N5O3S/c1-6-9-18(11(4)5)22(20,21)12-14-10-17(15-12)13(19)16(7-2)8-3/h10-11H,6-9H2,1-5H3. The molecule has 0 aromatic carbocycles. The van der Waals surface area contributed by atoms with Gasteiger partial charge < -0.3 is 4.90 Å². The third-order valence-corrected chi connectivity index (χ3v) is 5.13. The number of hydrogen-bond donors (Lipinski definition) is 0. The molecule has 0 aliphatic carbocycles. The van der Waals surface area contributed by atoms with Crippen LogP contribution in [-0.2, 0) is 10.0 Å². The zero-order valence-corrected chi connectivity index (χ0v) is 14.7. The van der Waals surface area contributed by atoms with Gasteiger partial charge in [-0.05, 0) is 34.1 Å². The van der Waals surface area contributed by atoms with Crippen LogP contribution in [0.25, 0.3) is 0 Å². The molecule has 0 radical (unpaired) electrons. The number of aromatic nitrogens is 3. The molecule has 0 unspecified atom stereocenters. The van der Waals surface area contributed by atoms with Crippen molar-refractivity contribution in [3.8, 4) is 0 Å². The van der Waals surface area contributed by atoms with E-state index in [-0.39, 0.29) is 17.2 Å². The quantitative estimate of drug-likeness (QED) is 0.753. The number of amides is 1. The van der Waals surface area contributed by atoms with E-state index in [2.05, 4.69) is 10.1 Å². The lowest BCUT2D eigenvalue weighted by Crippen LogP contribution is -2.38. The van der Waals surface area contributed by atoms with Gasteiger partial charge in [0.25, 0.3) is 15.2 Å². The first kappa shape index (κ1) is 18.6. The fraction of sp³-hybridized carbons (Fsp3) is 0.769. The Balaban J connectivity index is 3.11. The molecule has 0 bridgehead atoms. The summed E-state index contributed by atoms with van der Waals surface area (Å²) in [5.74, 6) is 0. The van der Waals surface area contributed by atoms with Gasteiger partial charge in [0.15, 0.2) is 0 Å². The lowest BCUT2D eigenvalue weighted by molar-refractivity contribution is 0.201. The Bertz CT molecular complexity index is 593. The van der Waals surface area contributed by atoms with Gasteiger partial charge in [0.05, 0.1) is 0 Å². The van der Waals surface area contributed by atoms with Crippen molar-refractivity contribution in [3.05, 3.63) is 6.33 Å². The van der Waals surface area contributed by atoms with E-state index < -0.39 is 10.0 Å². The summed E-state index contributed by atoms with van der Waals surface area (Å²) in [4.78, 5) is 17.5. The molecule has 9 heteroatoms. The van der Waals surface area contributed by atoms with E-state index in [1.807, 2.05) is 20.8 Å². The third kappa shape index (κ3) is 3.83. The number of carbonyl (C=O) groups is 1. The molecule has 126 valence electrons. The second-order valence-electron chi connectivity index (χ2n) is 5.14. The van der Waals surface area contributed by atoms with Crippen LogP contribution in [0.4, 0.5) is 4.79 Å². The van der Waals surface area contributed by atoms with Crippen molar-refractivity contribution in [1.29, 1.82) is 0 Å². The first-order valence-electron chi connectivity index (χ1n) is 7.52. The Kier molecular flexibility index (Phi) is 6.48. The fourth-order valence-electron chi connectivity index (χ4n) is 2.08. The Morgan fingerprint density at radius 2 is 1.86 bits per heavy atom. The molecule has 0 atom stereocenters. The van der Waals surface area contributed by atoms with Crippen LogP contribution in [-0.4, -0.2) is 64.1 Å². The highest BCUT2D eigenvalue weighted by atomic mass is 32.2. The van der Waals surface area contributed by atoms with Crippen LogP contribution in [0.15, 0.2) is 11.5 Å². The van der Waals surface area contributed by atoms with Gasteiger partial charge in [0, 0.05) is 25.7 Å². The summed E-state index contributed by atoms with van der Waals surface area (Å²) in [5, 5.41) is 3.53. The van der Waals surface area contributed by atoms with Gasteiger partial charge in [-0.25, -0.2) is 18.2 Å². The van der Waals surface area contributed by atoms with Gasteiger partial charge in [0.2, 0.25) is 0 Å². The monoisotopic (exact) mass is 331 g/mol. The van der Waals surface area contributed by atoms with Crippen LogP contribution in [0.5, 0.6) is 0 Å². The predicted molar refractivity (Wildman–Crippen MR) is 83.1 cm³/mol. The molecule has 0 saturated carbocycles. The first-order valence-corrected chi connectivity index (χ1v) is 8.96. The van der Waals surface area contributed by atoms with Crippen molar-refractivity contribution in [2.45, 2.75) is 52.2 Å². The maximum Gasteiger partial charge on any atom is 0.346 e. The molecule has 0 spiro atoms. The van der Waals surface area contributed by atoms with Gasteiger partial charge in [-0.2, -0.15) is 8.99 Å². The average Bonchev–Trinajstić information content (AvgIpc) is 2.95. The second kappa shape index (κ2) is 7.68. The molecule has 1 aromatic heterocycles. The van der Waals surface area contributed by atoms with E-state index >= 15 is 0 Å². The highest BCUT2D eigenvalue weighted by molar-refractivity contribution is 7.89. The largest absolute Gasteiger partial charge is 0.346 e. The van der Waals surface area contributed by atoms with Gasteiger partial charge in [0.1, 0.15) is 6.33 Å². The maximum absolute atomic E-state index is 12.6. The van der Waals surface area contributed by atoms with E-state index in [0.717, 1.165) is 11.0 Å². The minimum atomic E-state index is -3.79. The Morgan fingerprint density at radius 3 is 2.32 bits per heavy atom. The molecule has 1 amide bonds. The number of hydrogen-bond acceptors (Lipinski definition) is 5. The summed E-state index contributed by atoms with van der Waals surface area (Å²) in [7, 11) is -3.79. The summed E-state index contributed by atoms with van der Waals surface area (Å²) in [6, 6.07) is -0.582. The SMILES string of the molecule is CCCN(C(C)C)S(=O)(=O)c1ncn(C(=O)N(CC)CC)n1. The first-order chi connectivity index (χ1) is 10.3. The highest BCUT2D eigenvalue weighted by Crippen LogP contribution is 2.15. The topological polar surface area (TPSA) is 88.4 Å². The molecule has 1 heterocycles. The highest BCUT2D eigenvalue weighted by Gasteiger charge is 2.30. The van der Waals surface area contributed by atoms with Crippen molar-refractivity contribution in [2.24, 2.45) is 0 Å². The zero-order valence-electron chi connectivity index (χ0n) is 13.9. The molecule has 8 nitrogen and oxygen atoms in total. The van der Waals surface area contributed by atoms with Crippen LogP contribution < -0.4 is 0 Å². The minimum Gasteiger partial charge on any atom is -0.323 e. The van der Waals surface area contributed by atoms with Crippen molar-refractivity contribution in [3.63, 3.8) is 0 Å². The molecule has 1 aromatic rings. The summed E-state index contributed by atoms with van der Waals surface area (Å²) >= 11 is 0. The minimum absolute atomic E-state index is 0.199. The van der Waals surface area contributed by atoms with Crippen molar-refractivity contribution < 1.29 is 13.2 Å². The third-order valence-electron chi connectivity index (χ3n) is 3.26. The molecule has 0 aliphatic rings. The lowest BCUT2D eigenvalue weighted by Gasteiger charge is -2.23. The maximum atomic E-state index is 12.6. The van der Waals surface area contributed by atoms with Crippen LogP contribution in [0.1, 0.15) is 41.0 Å². The predicted octanol–water partition coefficient (Wildman–Crippen LogP) is 1.40. The number of rotatable bonds is 7. The van der Waals surface area contributed by atoms with Crippen LogP contribution in [0.3, 0.4) is 0 Å². The van der Waals surface area contributed by atoms with Crippen molar-refractivity contribution >= 4 is 16.1 Å². The molecule has 0 saturated heterocycles. The van der Waals surface area contributed by atoms with E-state index in [1.54, 1.807) is 13.8 Å². The van der Waals surface area contributed by atoms with Gasteiger partial charge >= 0.3 is 6.03 Å². The van der Waals surface area contributed by atoms with Gasteiger partial charge in [-0.3, -0.25) is 0 Å². The van der Waals surface area contributed by atoms with E-state index in [4.69, 9.17) is 0 Å². The fourth-order valence-corrected chi connectivity index (χ4v) is 3.64. The Morgan fingerprint density at radius 1 is 1.27 bits per heavy atom. The number of sulfonamides is 1. The van der Waals surface area contributed by atoms with Gasteiger partial charge in [-0.1, -0.05) is 6.92 Å². The Hall–Kier alpha value is -1.48. The summed E-state index contributed by atoms with van der Waals surface area (Å²) in [6.45, 7) is 10.6. The molecular formula is C13H25N5O3S. The number of nitrogens with zero attached hydrogens (tertiary/aromatic N) is 5. The second-order valence-corrected chi connectivity index (χ2v) is 6.92. The molecule has 0 aliphatic heterocycles. The van der Waals surface area contributed by atoms with Gasteiger partial charge in [-0.15, -0.1) is 5.10 Å². The summed E-state index contributed by atoms with van der Waals surface area (Å²) in [5.41, 5.74) is 0.